The fourth-order valence-corrected chi connectivity index (χ4v) is 1.70. The number of halogens is 1. The van der Waals surface area contributed by atoms with Gasteiger partial charge in [-0.15, -0.1) is 5.10 Å². The van der Waals surface area contributed by atoms with Gasteiger partial charge in [-0.05, 0) is 27.6 Å². The van der Waals surface area contributed by atoms with E-state index in [1.54, 1.807) is 17.1 Å². The van der Waals surface area contributed by atoms with E-state index in [0.29, 0.717) is 6.54 Å². The van der Waals surface area contributed by atoms with Crippen LogP contribution in [-0.2, 0) is 11.3 Å². The highest BCUT2D eigenvalue weighted by atomic mass is 79.9. The van der Waals surface area contributed by atoms with Gasteiger partial charge in [0, 0.05) is 16.9 Å². The van der Waals surface area contributed by atoms with E-state index in [9.17, 15) is 4.79 Å². The molecule has 6 nitrogen and oxygen atoms in total. The first-order valence-corrected chi connectivity index (χ1v) is 5.55. The molecule has 0 aromatic carbocycles. The number of methoxy groups -OCH3 is 1. The Balaban J connectivity index is 2.14. The zero-order chi connectivity index (χ0) is 12.3. The Bertz CT molecular complexity index is 541. The van der Waals surface area contributed by atoms with E-state index < -0.39 is 5.97 Å². The smallest absolute Gasteiger partial charge is 0.377 e. The zero-order valence-electron chi connectivity index (χ0n) is 9.00. The summed E-state index contributed by atoms with van der Waals surface area (Å²) < 4.78 is 6.97. The second-order valence-corrected chi connectivity index (χ2v) is 4.18. The Kier molecular flexibility index (Phi) is 3.48. The van der Waals surface area contributed by atoms with Crippen LogP contribution in [0.3, 0.4) is 0 Å². The highest BCUT2D eigenvalue weighted by Gasteiger charge is 2.11. The molecule has 0 spiro atoms. The molecule has 0 unspecified atom stereocenters. The van der Waals surface area contributed by atoms with Crippen molar-refractivity contribution in [2.45, 2.75) is 6.54 Å². The Labute approximate surface area is 106 Å². The van der Waals surface area contributed by atoms with E-state index in [1.807, 2.05) is 6.07 Å². The van der Waals surface area contributed by atoms with Gasteiger partial charge < -0.3 is 4.74 Å². The van der Waals surface area contributed by atoms with E-state index in [2.05, 4.69) is 35.7 Å². The average Bonchev–Trinajstić information content (AvgIpc) is 2.76. The molecule has 7 heteroatoms. The molecule has 0 N–H and O–H groups in total. The molecule has 0 aliphatic rings. The molecule has 0 fully saturated rings. The highest BCUT2D eigenvalue weighted by molar-refractivity contribution is 9.10. The number of esters is 1. The molecular formula is C10H9BrN4O2. The number of hydrogen-bond acceptors (Lipinski definition) is 5. The van der Waals surface area contributed by atoms with Crippen molar-refractivity contribution < 1.29 is 9.53 Å². The summed E-state index contributed by atoms with van der Waals surface area (Å²) in [7, 11) is 1.29. The fourth-order valence-electron chi connectivity index (χ4n) is 1.29. The van der Waals surface area contributed by atoms with Gasteiger partial charge in [-0.3, -0.25) is 4.98 Å². The molecule has 0 atom stereocenters. The number of nitrogens with zero attached hydrogens (tertiary/aromatic N) is 4. The van der Waals surface area contributed by atoms with Crippen molar-refractivity contribution in [2.24, 2.45) is 0 Å². The molecule has 0 bridgehead atoms. The van der Waals surface area contributed by atoms with Crippen LogP contribution in [-0.4, -0.2) is 32.8 Å². The predicted molar refractivity (Wildman–Crippen MR) is 62.4 cm³/mol. The van der Waals surface area contributed by atoms with E-state index in [-0.39, 0.29) is 5.82 Å². The summed E-state index contributed by atoms with van der Waals surface area (Å²) in [4.78, 5) is 19.0. The third-order valence-electron chi connectivity index (χ3n) is 2.01. The van der Waals surface area contributed by atoms with Crippen LogP contribution in [0.15, 0.2) is 29.3 Å². The average molecular weight is 297 g/mol. The van der Waals surface area contributed by atoms with Crippen molar-refractivity contribution in [1.29, 1.82) is 0 Å². The van der Waals surface area contributed by atoms with E-state index >= 15 is 0 Å². The molecule has 0 saturated heterocycles. The van der Waals surface area contributed by atoms with Gasteiger partial charge in [0.25, 0.3) is 5.82 Å². The predicted octanol–water partition coefficient (Wildman–Crippen LogP) is 1.27. The Hall–Kier alpha value is -1.76. The number of pyridine rings is 1. The summed E-state index contributed by atoms with van der Waals surface area (Å²) >= 11 is 3.33. The molecule has 2 rings (SSSR count). The van der Waals surface area contributed by atoms with Gasteiger partial charge in [-0.2, -0.15) is 0 Å². The molecule has 0 saturated carbocycles. The lowest BCUT2D eigenvalue weighted by Crippen LogP contribution is -2.06. The first kappa shape index (κ1) is 11.7. The van der Waals surface area contributed by atoms with Crippen LogP contribution in [0.5, 0.6) is 0 Å². The third kappa shape index (κ3) is 2.88. The van der Waals surface area contributed by atoms with Gasteiger partial charge in [0.05, 0.1) is 13.7 Å². The quantitative estimate of drug-likeness (QED) is 0.798. The molecule has 2 heterocycles. The largest absolute Gasteiger partial charge is 0.463 e. The minimum absolute atomic E-state index is 0.0513. The monoisotopic (exact) mass is 296 g/mol. The standard InChI is InChI=1S/C10H9BrN4O2/c1-17-10(16)9-13-6-15(14-9)5-7-2-8(11)4-12-3-7/h2-4,6H,5H2,1H3. The summed E-state index contributed by atoms with van der Waals surface area (Å²) in [6.07, 6.45) is 4.90. The fraction of sp³-hybridized carbons (Fsp3) is 0.200. The molecule has 0 radical (unpaired) electrons. The van der Waals surface area contributed by atoms with Crippen LogP contribution in [0.4, 0.5) is 0 Å². The maximum absolute atomic E-state index is 11.2. The summed E-state index contributed by atoms with van der Waals surface area (Å²) in [5.41, 5.74) is 0.959. The normalized spacial score (nSPS) is 10.2. The van der Waals surface area contributed by atoms with Gasteiger partial charge in [0.15, 0.2) is 0 Å². The zero-order valence-corrected chi connectivity index (χ0v) is 10.6. The number of rotatable bonds is 3. The Morgan fingerprint density at radius 2 is 2.35 bits per heavy atom. The maximum atomic E-state index is 11.2. The van der Waals surface area contributed by atoms with Gasteiger partial charge in [0.1, 0.15) is 6.33 Å². The molecule has 88 valence electrons. The van der Waals surface area contributed by atoms with Gasteiger partial charge in [-0.25, -0.2) is 14.5 Å². The lowest BCUT2D eigenvalue weighted by atomic mass is 10.3. The SMILES string of the molecule is COC(=O)c1ncn(Cc2cncc(Br)c2)n1. The van der Waals surface area contributed by atoms with E-state index in [1.165, 1.54) is 13.4 Å². The second kappa shape index (κ2) is 5.05. The van der Waals surface area contributed by atoms with Crippen molar-refractivity contribution in [3.8, 4) is 0 Å². The molecule has 2 aromatic heterocycles. The number of aromatic nitrogens is 4. The van der Waals surface area contributed by atoms with Crippen LogP contribution < -0.4 is 0 Å². The van der Waals surface area contributed by atoms with Crippen molar-refractivity contribution in [1.82, 2.24) is 19.7 Å². The Morgan fingerprint density at radius 3 is 3.06 bits per heavy atom. The molecule has 0 aliphatic carbocycles. The minimum atomic E-state index is -0.545. The van der Waals surface area contributed by atoms with Gasteiger partial charge in [0.2, 0.25) is 0 Å². The highest BCUT2D eigenvalue weighted by Crippen LogP contribution is 2.10. The Morgan fingerprint density at radius 1 is 1.53 bits per heavy atom. The minimum Gasteiger partial charge on any atom is -0.463 e. The van der Waals surface area contributed by atoms with Crippen LogP contribution >= 0.6 is 15.9 Å². The van der Waals surface area contributed by atoms with Crippen LogP contribution in [0, 0.1) is 0 Å². The number of carbonyl (C=O) groups is 1. The van der Waals surface area contributed by atoms with Crippen LogP contribution in [0.2, 0.25) is 0 Å². The summed E-state index contributed by atoms with van der Waals surface area (Å²) in [6.45, 7) is 0.496. The molecule has 17 heavy (non-hydrogen) atoms. The summed E-state index contributed by atoms with van der Waals surface area (Å²) in [6, 6.07) is 1.92. The lowest BCUT2D eigenvalue weighted by Gasteiger charge is -2.00. The topological polar surface area (TPSA) is 69.9 Å². The van der Waals surface area contributed by atoms with Crippen molar-refractivity contribution in [3.63, 3.8) is 0 Å². The molecule has 2 aromatic rings. The third-order valence-corrected chi connectivity index (χ3v) is 2.44. The molecule has 0 aliphatic heterocycles. The summed E-state index contributed by atoms with van der Waals surface area (Å²) in [5.74, 6) is -0.494. The maximum Gasteiger partial charge on any atom is 0.377 e. The van der Waals surface area contributed by atoms with Gasteiger partial charge in [-0.1, -0.05) is 0 Å². The van der Waals surface area contributed by atoms with E-state index in [0.717, 1.165) is 10.0 Å². The summed E-state index contributed by atoms with van der Waals surface area (Å²) in [5, 5.41) is 3.99. The van der Waals surface area contributed by atoms with Crippen LogP contribution in [0.1, 0.15) is 16.2 Å². The van der Waals surface area contributed by atoms with Crippen LogP contribution in [0.25, 0.3) is 0 Å². The number of ether oxygens (including phenoxy) is 1. The molecule has 0 amide bonds. The number of hydrogen-bond donors (Lipinski definition) is 0. The van der Waals surface area contributed by atoms with Crippen molar-refractivity contribution in [2.75, 3.05) is 7.11 Å². The number of carbonyl (C=O) groups excluding carboxylic acids is 1. The van der Waals surface area contributed by atoms with E-state index in [4.69, 9.17) is 0 Å². The lowest BCUT2D eigenvalue weighted by molar-refractivity contribution is 0.0586. The van der Waals surface area contributed by atoms with Crippen molar-refractivity contribution >= 4 is 21.9 Å². The second-order valence-electron chi connectivity index (χ2n) is 3.27. The van der Waals surface area contributed by atoms with Crippen molar-refractivity contribution in [3.05, 3.63) is 40.6 Å². The van der Waals surface area contributed by atoms with Gasteiger partial charge >= 0.3 is 5.97 Å². The molecular weight excluding hydrogens is 288 g/mol. The first-order chi connectivity index (χ1) is 8.19. The first-order valence-electron chi connectivity index (χ1n) is 4.76.